The highest BCUT2D eigenvalue weighted by atomic mass is 16.3. The van der Waals surface area contributed by atoms with Crippen LogP contribution in [0.15, 0.2) is 0 Å². The van der Waals surface area contributed by atoms with Crippen LogP contribution in [0.3, 0.4) is 0 Å². The molecule has 1 atom stereocenters. The molecular weight excluding hydrogens is 138 g/mol. The summed E-state index contributed by atoms with van der Waals surface area (Å²) in [6.07, 6.45) is 6.23. The summed E-state index contributed by atoms with van der Waals surface area (Å²) >= 11 is 0. The number of hydrogen-bond acceptors (Lipinski definition) is 2. The van der Waals surface area contributed by atoms with Gasteiger partial charge in [0, 0.05) is 6.42 Å². The zero-order valence-corrected chi connectivity index (χ0v) is 7.35. The van der Waals surface area contributed by atoms with Crippen LogP contribution in [-0.4, -0.2) is 23.8 Å². The topological polar surface area (TPSA) is 32.3 Å². The monoisotopic (exact) mass is 155 g/mol. The van der Waals surface area contributed by atoms with Crippen molar-refractivity contribution in [1.29, 1.82) is 0 Å². The van der Waals surface area contributed by atoms with Crippen molar-refractivity contribution >= 4 is 0 Å². The lowest BCUT2D eigenvalue weighted by Crippen LogP contribution is -2.29. The van der Waals surface area contributed by atoms with Gasteiger partial charge >= 0.3 is 0 Å². The van der Waals surface area contributed by atoms with E-state index in [2.05, 4.69) is 11.2 Å². The van der Waals surface area contributed by atoms with Gasteiger partial charge in [-0.15, -0.1) is 12.3 Å². The van der Waals surface area contributed by atoms with Gasteiger partial charge in [0.2, 0.25) is 0 Å². The summed E-state index contributed by atoms with van der Waals surface area (Å²) in [6, 6.07) is 0. The Labute approximate surface area is 69.0 Å². The van der Waals surface area contributed by atoms with E-state index in [-0.39, 0.29) is 0 Å². The fourth-order valence-electron chi connectivity index (χ4n) is 0.843. The maximum absolute atomic E-state index is 9.56. The lowest BCUT2D eigenvalue weighted by molar-refractivity contribution is 0.0567. The average molecular weight is 155 g/mol. The van der Waals surface area contributed by atoms with Crippen molar-refractivity contribution in [1.82, 2.24) is 5.32 Å². The van der Waals surface area contributed by atoms with E-state index in [0.29, 0.717) is 12.8 Å². The molecule has 0 aliphatic heterocycles. The van der Waals surface area contributed by atoms with E-state index < -0.39 is 5.60 Å². The number of terminal acetylenes is 1. The second-order valence-corrected chi connectivity index (χ2v) is 2.98. The van der Waals surface area contributed by atoms with Crippen molar-refractivity contribution in [3.05, 3.63) is 0 Å². The van der Waals surface area contributed by atoms with Crippen LogP contribution in [0.5, 0.6) is 0 Å². The van der Waals surface area contributed by atoms with Gasteiger partial charge in [0.05, 0.1) is 5.60 Å². The molecule has 0 aromatic carbocycles. The van der Waals surface area contributed by atoms with Crippen LogP contribution < -0.4 is 5.32 Å². The van der Waals surface area contributed by atoms with E-state index in [0.717, 1.165) is 13.1 Å². The van der Waals surface area contributed by atoms with Crippen LogP contribution in [0, 0.1) is 12.3 Å². The first-order valence-electron chi connectivity index (χ1n) is 3.99. The summed E-state index contributed by atoms with van der Waals surface area (Å²) in [5, 5.41) is 12.7. The van der Waals surface area contributed by atoms with Crippen LogP contribution in [0.1, 0.15) is 26.7 Å². The molecule has 1 unspecified atom stereocenters. The summed E-state index contributed by atoms with van der Waals surface area (Å²) < 4.78 is 0. The number of hydrogen-bond donors (Lipinski definition) is 2. The SMILES string of the molecule is C#CCC(C)(O)CCNCC. The second-order valence-electron chi connectivity index (χ2n) is 2.98. The van der Waals surface area contributed by atoms with Gasteiger partial charge in [0.1, 0.15) is 0 Å². The molecule has 0 aliphatic carbocycles. The number of aliphatic hydroxyl groups is 1. The first-order chi connectivity index (χ1) is 5.12. The molecule has 11 heavy (non-hydrogen) atoms. The molecule has 0 bridgehead atoms. The van der Waals surface area contributed by atoms with Crippen molar-refractivity contribution < 1.29 is 5.11 Å². The second kappa shape index (κ2) is 5.17. The zero-order valence-electron chi connectivity index (χ0n) is 7.35. The predicted octanol–water partition coefficient (Wildman–Crippen LogP) is 0.760. The Morgan fingerprint density at radius 2 is 2.27 bits per heavy atom. The zero-order chi connectivity index (χ0) is 8.74. The molecule has 0 saturated heterocycles. The maximum Gasteiger partial charge on any atom is 0.0740 e. The molecule has 2 heteroatoms. The average Bonchev–Trinajstić information content (AvgIpc) is 1.87. The first-order valence-corrected chi connectivity index (χ1v) is 3.99. The van der Waals surface area contributed by atoms with Gasteiger partial charge in [0.15, 0.2) is 0 Å². The molecule has 0 spiro atoms. The Bertz CT molecular complexity index is 135. The van der Waals surface area contributed by atoms with Crippen LogP contribution in [-0.2, 0) is 0 Å². The third-order valence-corrected chi connectivity index (χ3v) is 1.57. The third kappa shape index (κ3) is 5.90. The minimum absolute atomic E-state index is 0.429. The quantitative estimate of drug-likeness (QED) is 0.454. The molecule has 0 amide bonds. The van der Waals surface area contributed by atoms with E-state index in [1.807, 2.05) is 6.92 Å². The van der Waals surface area contributed by atoms with E-state index in [9.17, 15) is 5.11 Å². The summed E-state index contributed by atoms with van der Waals surface area (Å²) in [6.45, 7) is 5.57. The molecule has 2 nitrogen and oxygen atoms in total. The lowest BCUT2D eigenvalue weighted by atomic mass is 9.99. The fraction of sp³-hybridized carbons (Fsp3) is 0.778. The van der Waals surface area contributed by atoms with E-state index in [4.69, 9.17) is 6.42 Å². The fourth-order valence-corrected chi connectivity index (χ4v) is 0.843. The Balaban J connectivity index is 3.48. The molecule has 0 aromatic rings. The van der Waals surface area contributed by atoms with Crippen LogP contribution >= 0.6 is 0 Å². The van der Waals surface area contributed by atoms with Crippen LogP contribution in [0.4, 0.5) is 0 Å². The van der Waals surface area contributed by atoms with Gasteiger partial charge in [-0.05, 0) is 26.4 Å². The molecule has 0 rings (SSSR count). The van der Waals surface area contributed by atoms with Crippen molar-refractivity contribution in [2.75, 3.05) is 13.1 Å². The molecule has 0 aliphatic rings. The maximum atomic E-state index is 9.56. The van der Waals surface area contributed by atoms with E-state index >= 15 is 0 Å². The van der Waals surface area contributed by atoms with Crippen molar-refractivity contribution in [3.63, 3.8) is 0 Å². The number of rotatable bonds is 5. The predicted molar refractivity (Wildman–Crippen MR) is 47.2 cm³/mol. The molecule has 0 radical (unpaired) electrons. The Morgan fingerprint density at radius 1 is 1.64 bits per heavy atom. The highest BCUT2D eigenvalue weighted by molar-refractivity contribution is 4.93. The highest BCUT2D eigenvalue weighted by Gasteiger charge is 2.17. The summed E-state index contributed by atoms with van der Waals surface area (Å²) in [4.78, 5) is 0. The summed E-state index contributed by atoms with van der Waals surface area (Å²) in [7, 11) is 0. The molecule has 0 aromatic heterocycles. The smallest absolute Gasteiger partial charge is 0.0740 e. The van der Waals surface area contributed by atoms with E-state index in [1.54, 1.807) is 6.92 Å². The largest absolute Gasteiger partial charge is 0.389 e. The Kier molecular flexibility index (Phi) is 4.93. The van der Waals surface area contributed by atoms with Gasteiger partial charge in [-0.3, -0.25) is 0 Å². The van der Waals surface area contributed by atoms with Gasteiger partial charge in [-0.1, -0.05) is 6.92 Å². The first kappa shape index (κ1) is 10.5. The standard InChI is InChI=1S/C9H17NO/c1-4-6-9(3,11)7-8-10-5-2/h1,10-11H,5-8H2,2-3H3. The van der Waals surface area contributed by atoms with Gasteiger partial charge in [-0.2, -0.15) is 0 Å². The Morgan fingerprint density at radius 3 is 2.73 bits per heavy atom. The summed E-state index contributed by atoms with van der Waals surface area (Å²) in [5.41, 5.74) is -0.697. The van der Waals surface area contributed by atoms with Crippen LogP contribution in [0.25, 0.3) is 0 Å². The Hall–Kier alpha value is -0.520. The molecule has 0 saturated carbocycles. The van der Waals surface area contributed by atoms with Gasteiger partial charge < -0.3 is 10.4 Å². The van der Waals surface area contributed by atoms with Gasteiger partial charge in [0.25, 0.3) is 0 Å². The van der Waals surface area contributed by atoms with E-state index in [1.165, 1.54) is 0 Å². The number of nitrogens with one attached hydrogen (secondary N) is 1. The van der Waals surface area contributed by atoms with Crippen LogP contribution in [0.2, 0.25) is 0 Å². The van der Waals surface area contributed by atoms with Crippen molar-refractivity contribution in [2.24, 2.45) is 0 Å². The minimum Gasteiger partial charge on any atom is -0.389 e. The molecule has 64 valence electrons. The molecule has 0 heterocycles. The third-order valence-electron chi connectivity index (χ3n) is 1.57. The minimum atomic E-state index is -0.697. The molecule has 0 fully saturated rings. The van der Waals surface area contributed by atoms with Gasteiger partial charge in [-0.25, -0.2) is 0 Å². The normalized spacial score (nSPS) is 15.5. The summed E-state index contributed by atoms with van der Waals surface area (Å²) in [5.74, 6) is 2.46. The molecular formula is C9H17NO. The molecule has 2 N–H and O–H groups in total. The lowest BCUT2D eigenvalue weighted by Gasteiger charge is -2.20. The highest BCUT2D eigenvalue weighted by Crippen LogP contribution is 2.11. The van der Waals surface area contributed by atoms with Crippen molar-refractivity contribution in [2.45, 2.75) is 32.3 Å². The van der Waals surface area contributed by atoms with Crippen molar-refractivity contribution in [3.8, 4) is 12.3 Å².